The monoisotopic (exact) mass is 364 g/mol. The minimum atomic E-state index is -0.457. The number of carbonyl (C=O) groups is 1. The topological polar surface area (TPSA) is 69.0 Å². The standard InChI is InChI=1S/C18H25ClN4O2/c1-18(2,3)25-17(24)21-9-12-4-6-14(7-5-12)23-11-13-8-16(19)20-10-15(13)22-23/h8,10-12,14H,4-7,9H2,1-3H3,(H,21,24). The second-order valence-corrected chi connectivity index (χ2v) is 8.12. The van der Waals surface area contributed by atoms with Crippen molar-refractivity contribution >= 4 is 28.6 Å². The van der Waals surface area contributed by atoms with Crippen LogP contribution in [0.5, 0.6) is 0 Å². The number of amides is 1. The molecule has 1 aliphatic rings. The quantitative estimate of drug-likeness (QED) is 0.822. The molecular formula is C18H25ClN4O2. The van der Waals surface area contributed by atoms with Crippen molar-refractivity contribution in [3.8, 4) is 0 Å². The molecule has 0 atom stereocenters. The Morgan fingerprint density at radius 1 is 1.36 bits per heavy atom. The van der Waals surface area contributed by atoms with Crippen LogP contribution in [0.2, 0.25) is 5.15 Å². The van der Waals surface area contributed by atoms with E-state index in [2.05, 4.69) is 15.4 Å². The molecule has 2 aromatic rings. The predicted molar refractivity (Wildman–Crippen MR) is 97.8 cm³/mol. The highest BCUT2D eigenvalue weighted by molar-refractivity contribution is 6.30. The summed E-state index contributed by atoms with van der Waals surface area (Å²) in [5, 5.41) is 9.02. The van der Waals surface area contributed by atoms with E-state index >= 15 is 0 Å². The van der Waals surface area contributed by atoms with Crippen molar-refractivity contribution in [3.63, 3.8) is 0 Å². The molecule has 2 aromatic heterocycles. The molecule has 3 rings (SSSR count). The Labute approximate surface area is 152 Å². The van der Waals surface area contributed by atoms with Crippen molar-refractivity contribution in [2.75, 3.05) is 6.54 Å². The van der Waals surface area contributed by atoms with E-state index in [1.54, 1.807) is 6.20 Å². The van der Waals surface area contributed by atoms with E-state index in [9.17, 15) is 4.79 Å². The van der Waals surface area contributed by atoms with Gasteiger partial charge in [0.2, 0.25) is 0 Å². The Balaban J connectivity index is 1.50. The van der Waals surface area contributed by atoms with Crippen molar-refractivity contribution < 1.29 is 9.53 Å². The molecule has 0 bridgehead atoms. The Morgan fingerprint density at radius 3 is 2.76 bits per heavy atom. The van der Waals surface area contributed by atoms with Crippen LogP contribution in [0.25, 0.3) is 10.9 Å². The second kappa shape index (κ2) is 7.20. The van der Waals surface area contributed by atoms with Gasteiger partial charge in [-0.05, 0) is 58.4 Å². The van der Waals surface area contributed by atoms with Crippen LogP contribution in [-0.4, -0.2) is 33.0 Å². The summed E-state index contributed by atoms with van der Waals surface area (Å²) in [5.74, 6) is 0.491. The van der Waals surface area contributed by atoms with Gasteiger partial charge in [-0.25, -0.2) is 9.78 Å². The van der Waals surface area contributed by atoms with E-state index in [1.165, 1.54) is 0 Å². The fourth-order valence-corrected chi connectivity index (χ4v) is 3.43. The molecular weight excluding hydrogens is 340 g/mol. The maximum absolute atomic E-state index is 11.7. The highest BCUT2D eigenvalue weighted by Gasteiger charge is 2.24. The summed E-state index contributed by atoms with van der Waals surface area (Å²) in [4.78, 5) is 15.8. The van der Waals surface area contributed by atoms with Crippen LogP contribution in [0.1, 0.15) is 52.5 Å². The van der Waals surface area contributed by atoms with Gasteiger partial charge in [-0.15, -0.1) is 0 Å². The molecule has 6 nitrogen and oxygen atoms in total. The molecule has 1 amide bonds. The third-order valence-electron chi connectivity index (χ3n) is 4.50. The summed E-state index contributed by atoms with van der Waals surface area (Å²) in [5.41, 5.74) is 0.417. The lowest BCUT2D eigenvalue weighted by molar-refractivity contribution is 0.0513. The molecule has 136 valence electrons. The van der Waals surface area contributed by atoms with E-state index in [0.29, 0.717) is 23.7 Å². The first-order chi connectivity index (χ1) is 11.8. The maximum atomic E-state index is 11.7. The van der Waals surface area contributed by atoms with Crippen LogP contribution in [0.15, 0.2) is 18.5 Å². The van der Waals surface area contributed by atoms with Gasteiger partial charge >= 0.3 is 6.09 Å². The first kappa shape index (κ1) is 18.0. The number of carbonyl (C=O) groups excluding carboxylic acids is 1. The van der Waals surface area contributed by atoms with Crippen LogP contribution < -0.4 is 5.32 Å². The summed E-state index contributed by atoms with van der Waals surface area (Å²) < 4.78 is 7.32. The van der Waals surface area contributed by atoms with Crippen LogP contribution in [-0.2, 0) is 4.74 Å². The first-order valence-corrected chi connectivity index (χ1v) is 9.15. The van der Waals surface area contributed by atoms with Crippen LogP contribution in [0.3, 0.4) is 0 Å². The fraction of sp³-hybridized carbons (Fsp3) is 0.611. The Bertz CT molecular complexity index is 745. The third kappa shape index (κ3) is 4.84. The van der Waals surface area contributed by atoms with Crippen molar-refractivity contribution in [1.29, 1.82) is 0 Å². The van der Waals surface area contributed by atoms with E-state index in [1.807, 2.05) is 37.7 Å². The number of nitrogens with one attached hydrogen (secondary N) is 1. The van der Waals surface area contributed by atoms with Crippen LogP contribution >= 0.6 is 11.6 Å². The van der Waals surface area contributed by atoms with Crippen LogP contribution in [0.4, 0.5) is 4.79 Å². The van der Waals surface area contributed by atoms with Gasteiger partial charge in [0.25, 0.3) is 0 Å². The number of pyridine rings is 1. The average Bonchev–Trinajstić information content (AvgIpc) is 2.95. The molecule has 1 aliphatic carbocycles. The molecule has 2 heterocycles. The Hall–Kier alpha value is -1.82. The Morgan fingerprint density at radius 2 is 2.08 bits per heavy atom. The molecule has 25 heavy (non-hydrogen) atoms. The third-order valence-corrected chi connectivity index (χ3v) is 4.71. The zero-order valence-electron chi connectivity index (χ0n) is 15.0. The minimum absolute atomic E-state index is 0.336. The van der Waals surface area contributed by atoms with Gasteiger partial charge in [0.15, 0.2) is 0 Å². The van der Waals surface area contributed by atoms with Gasteiger partial charge in [0, 0.05) is 18.1 Å². The Kier molecular flexibility index (Phi) is 5.18. The average molecular weight is 365 g/mol. The number of hydrogen-bond acceptors (Lipinski definition) is 4. The highest BCUT2D eigenvalue weighted by Crippen LogP contribution is 2.32. The number of alkyl carbamates (subject to hydrolysis) is 1. The lowest BCUT2D eigenvalue weighted by Gasteiger charge is -2.29. The number of ether oxygens (including phenoxy) is 1. The number of aromatic nitrogens is 3. The lowest BCUT2D eigenvalue weighted by Crippen LogP contribution is -2.36. The second-order valence-electron chi connectivity index (χ2n) is 7.73. The van der Waals surface area contributed by atoms with Crippen molar-refractivity contribution in [2.24, 2.45) is 5.92 Å². The van der Waals surface area contributed by atoms with Crippen molar-refractivity contribution in [1.82, 2.24) is 20.1 Å². The molecule has 7 heteroatoms. The first-order valence-electron chi connectivity index (χ1n) is 8.77. The number of rotatable bonds is 3. The van der Waals surface area contributed by atoms with Crippen molar-refractivity contribution in [2.45, 2.75) is 58.1 Å². The van der Waals surface area contributed by atoms with E-state index in [0.717, 1.165) is 36.6 Å². The lowest BCUT2D eigenvalue weighted by atomic mass is 9.86. The van der Waals surface area contributed by atoms with Gasteiger partial charge in [-0.3, -0.25) is 4.68 Å². The van der Waals surface area contributed by atoms with Gasteiger partial charge < -0.3 is 10.1 Å². The molecule has 1 N–H and O–H groups in total. The van der Waals surface area contributed by atoms with Crippen LogP contribution in [0, 0.1) is 5.92 Å². The summed E-state index contributed by atoms with van der Waals surface area (Å²) in [6.45, 7) is 6.28. The number of nitrogens with zero attached hydrogens (tertiary/aromatic N) is 3. The van der Waals surface area contributed by atoms with Crippen molar-refractivity contribution in [3.05, 3.63) is 23.6 Å². The van der Waals surface area contributed by atoms with Gasteiger partial charge in [0.1, 0.15) is 16.3 Å². The van der Waals surface area contributed by atoms with Gasteiger partial charge in [-0.2, -0.15) is 5.10 Å². The molecule has 0 unspecified atom stereocenters. The zero-order chi connectivity index (χ0) is 18.0. The fourth-order valence-electron chi connectivity index (χ4n) is 3.26. The molecule has 0 aliphatic heterocycles. The maximum Gasteiger partial charge on any atom is 0.407 e. The smallest absolute Gasteiger partial charge is 0.407 e. The highest BCUT2D eigenvalue weighted by atomic mass is 35.5. The molecule has 1 fully saturated rings. The number of hydrogen-bond donors (Lipinski definition) is 1. The normalized spacial score (nSPS) is 21.3. The van der Waals surface area contributed by atoms with E-state index < -0.39 is 5.60 Å². The predicted octanol–water partition coefficient (Wildman–Crippen LogP) is 4.34. The zero-order valence-corrected chi connectivity index (χ0v) is 15.7. The number of fused-ring (bicyclic) bond motifs is 1. The number of halogens is 1. The molecule has 0 aromatic carbocycles. The molecule has 0 saturated heterocycles. The van der Waals surface area contributed by atoms with E-state index in [4.69, 9.17) is 16.3 Å². The summed E-state index contributed by atoms with van der Waals surface area (Å²) in [6.07, 6.45) is 7.66. The summed E-state index contributed by atoms with van der Waals surface area (Å²) in [6, 6.07) is 2.24. The molecule has 0 radical (unpaired) electrons. The molecule has 1 saturated carbocycles. The molecule has 0 spiro atoms. The SMILES string of the molecule is CC(C)(C)OC(=O)NCC1CCC(n2cc3cc(Cl)ncc3n2)CC1. The van der Waals surface area contributed by atoms with Gasteiger partial charge in [-0.1, -0.05) is 11.6 Å². The summed E-state index contributed by atoms with van der Waals surface area (Å²) >= 11 is 5.94. The van der Waals surface area contributed by atoms with E-state index in [-0.39, 0.29) is 6.09 Å². The van der Waals surface area contributed by atoms with Gasteiger partial charge in [0.05, 0.1) is 12.2 Å². The summed E-state index contributed by atoms with van der Waals surface area (Å²) in [7, 11) is 0. The minimum Gasteiger partial charge on any atom is -0.444 e. The largest absolute Gasteiger partial charge is 0.444 e.